The number of hydrogen-bond donors (Lipinski definition) is 2. The molecule has 2 saturated heterocycles. The van der Waals surface area contributed by atoms with Crippen LogP contribution in [-0.2, 0) is 16.1 Å². The Hall–Kier alpha value is -2.94. The summed E-state index contributed by atoms with van der Waals surface area (Å²) >= 11 is 0. The summed E-state index contributed by atoms with van der Waals surface area (Å²) < 4.78 is 12.1. The highest BCUT2D eigenvalue weighted by molar-refractivity contribution is 6.00. The Labute approximate surface area is 205 Å². The predicted octanol–water partition coefficient (Wildman–Crippen LogP) is 1.82. The van der Waals surface area contributed by atoms with Crippen LogP contribution >= 0.6 is 0 Å². The molecule has 2 aromatic carbocycles. The maximum absolute atomic E-state index is 13.7. The summed E-state index contributed by atoms with van der Waals surface area (Å²) in [6, 6.07) is 16.7. The van der Waals surface area contributed by atoms with Crippen LogP contribution in [0.5, 0.6) is 5.75 Å². The number of piperazine rings is 1. The second kappa shape index (κ2) is 10.8. The average Bonchev–Trinajstić information content (AvgIpc) is 2.88. The number of nitrogens with zero attached hydrogens (tertiary/aromatic N) is 2. The van der Waals surface area contributed by atoms with Gasteiger partial charge in [0.25, 0.3) is 5.91 Å². The van der Waals surface area contributed by atoms with Gasteiger partial charge in [-0.15, -0.1) is 0 Å². The summed E-state index contributed by atoms with van der Waals surface area (Å²) in [5.41, 5.74) is 1.63. The Bertz CT molecular complexity index is 1030. The van der Waals surface area contributed by atoms with Gasteiger partial charge in [-0.3, -0.25) is 14.5 Å². The molecule has 2 fully saturated rings. The zero-order chi connectivity index (χ0) is 24.2. The molecule has 2 bridgehead atoms. The summed E-state index contributed by atoms with van der Waals surface area (Å²) in [5, 5.41) is 13.4. The van der Waals surface area contributed by atoms with Crippen molar-refractivity contribution in [1.82, 2.24) is 15.1 Å². The molecule has 35 heavy (non-hydrogen) atoms. The number of rotatable bonds is 2. The maximum Gasteiger partial charge on any atom is 0.258 e. The molecule has 2 amide bonds. The number of benzene rings is 2. The van der Waals surface area contributed by atoms with Gasteiger partial charge in [0.05, 0.1) is 24.4 Å². The van der Waals surface area contributed by atoms with E-state index in [1.807, 2.05) is 30.3 Å². The van der Waals surface area contributed by atoms with E-state index in [0.29, 0.717) is 56.9 Å². The lowest BCUT2D eigenvalue weighted by Crippen LogP contribution is -2.61. The van der Waals surface area contributed by atoms with Crippen molar-refractivity contribution in [3.63, 3.8) is 0 Å². The Kier molecular flexibility index (Phi) is 7.32. The number of para-hydroxylation sites is 1. The van der Waals surface area contributed by atoms with E-state index in [-0.39, 0.29) is 24.5 Å². The van der Waals surface area contributed by atoms with Crippen LogP contribution in [0.4, 0.5) is 0 Å². The van der Waals surface area contributed by atoms with E-state index in [4.69, 9.17) is 9.47 Å². The fraction of sp³-hybridized carbons (Fsp3) is 0.481. The molecule has 0 radical (unpaired) electrons. The summed E-state index contributed by atoms with van der Waals surface area (Å²) in [6.07, 6.45) is 0.862. The molecule has 0 aromatic heterocycles. The highest BCUT2D eigenvalue weighted by atomic mass is 16.5. The number of aliphatic hydroxyl groups is 1. The highest BCUT2D eigenvalue weighted by Crippen LogP contribution is 2.26. The quantitative estimate of drug-likeness (QED) is 0.683. The van der Waals surface area contributed by atoms with Crippen molar-refractivity contribution < 1.29 is 24.2 Å². The normalized spacial score (nSPS) is 28.2. The Balaban J connectivity index is 1.41. The van der Waals surface area contributed by atoms with Crippen molar-refractivity contribution in [2.45, 2.75) is 50.2 Å². The van der Waals surface area contributed by atoms with Gasteiger partial charge in [-0.1, -0.05) is 42.5 Å². The zero-order valence-electron chi connectivity index (χ0n) is 19.8. The third-order valence-corrected chi connectivity index (χ3v) is 7.15. The van der Waals surface area contributed by atoms with E-state index in [2.05, 4.69) is 22.3 Å². The van der Waals surface area contributed by atoms with Gasteiger partial charge in [0.1, 0.15) is 17.9 Å². The van der Waals surface area contributed by atoms with E-state index in [0.717, 1.165) is 12.0 Å². The van der Waals surface area contributed by atoms with Crippen molar-refractivity contribution in [2.24, 2.45) is 0 Å². The van der Waals surface area contributed by atoms with Gasteiger partial charge in [-0.25, -0.2) is 0 Å². The molecule has 5 rings (SSSR count). The van der Waals surface area contributed by atoms with Crippen molar-refractivity contribution in [2.75, 3.05) is 32.8 Å². The molecule has 2 N–H and O–H groups in total. The standard InChI is InChI=1S/C27H33N3O5/c31-23-11-10-20-12-15-34-24-9-5-4-8-21(24)27(33)30-14-13-29(17-19-6-2-1-3-7-19)18-22(30)26(32)28-16-25(23)35-20/h1-9,20,22-23,25,31H,10-18H2,(H,28,32)/t20-,22-,23-,25+/m0/s1. The molecule has 4 atom stereocenters. The first-order valence-corrected chi connectivity index (χ1v) is 12.5. The highest BCUT2D eigenvalue weighted by Gasteiger charge is 2.38. The van der Waals surface area contributed by atoms with Crippen LogP contribution in [-0.4, -0.2) is 83.9 Å². The van der Waals surface area contributed by atoms with Gasteiger partial charge in [0.2, 0.25) is 5.91 Å². The largest absolute Gasteiger partial charge is 0.493 e. The minimum Gasteiger partial charge on any atom is -0.493 e. The fourth-order valence-corrected chi connectivity index (χ4v) is 5.18. The number of aliphatic hydroxyl groups excluding tert-OH is 1. The lowest BCUT2D eigenvalue weighted by Gasteiger charge is -2.41. The SMILES string of the molecule is O=C1NC[C@H]2O[C@H](CCOc3ccccc3C(=O)N3CCN(Cc4ccccc4)C[C@@H]13)CC[C@@H]2O. The monoisotopic (exact) mass is 479 g/mol. The van der Waals surface area contributed by atoms with Crippen molar-refractivity contribution in [3.8, 4) is 5.75 Å². The van der Waals surface area contributed by atoms with Crippen LogP contribution in [0.2, 0.25) is 0 Å². The van der Waals surface area contributed by atoms with Gasteiger partial charge in [0, 0.05) is 39.1 Å². The molecule has 2 aromatic rings. The average molecular weight is 480 g/mol. The van der Waals surface area contributed by atoms with Crippen LogP contribution < -0.4 is 10.1 Å². The second-order valence-electron chi connectivity index (χ2n) is 9.55. The van der Waals surface area contributed by atoms with Gasteiger partial charge < -0.3 is 24.8 Å². The van der Waals surface area contributed by atoms with Crippen LogP contribution in [0.15, 0.2) is 54.6 Å². The number of fused-ring (bicyclic) bond motifs is 4. The lowest BCUT2D eigenvalue weighted by atomic mass is 9.99. The number of carbonyl (C=O) groups is 2. The molecule has 0 saturated carbocycles. The summed E-state index contributed by atoms with van der Waals surface area (Å²) in [6.45, 7) is 2.86. The van der Waals surface area contributed by atoms with Crippen LogP contribution in [0, 0.1) is 0 Å². The van der Waals surface area contributed by atoms with E-state index in [1.165, 1.54) is 0 Å². The van der Waals surface area contributed by atoms with E-state index in [1.54, 1.807) is 17.0 Å². The number of hydrogen-bond acceptors (Lipinski definition) is 6. The Morgan fingerprint density at radius 1 is 0.971 bits per heavy atom. The third-order valence-electron chi connectivity index (χ3n) is 7.15. The van der Waals surface area contributed by atoms with Gasteiger partial charge in [-0.05, 0) is 30.5 Å². The van der Waals surface area contributed by atoms with Crippen LogP contribution in [0.3, 0.4) is 0 Å². The van der Waals surface area contributed by atoms with Crippen molar-refractivity contribution >= 4 is 11.8 Å². The molecular formula is C27H33N3O5. The zero-order valence-corrected chi connectivity index (χ0v) is 19.8. The molecule has 0 spiro atoms. The minimum absolute atomic E-state index is 0.0568. The molecule has 3 heterocycles. The summed E-state index contributed by atoms with van der Waals surface area (Å²) in [5.74, 6) is 0.0889. The molecule has 0 aliphatic carbocycles. The van der Waals surface area contributed by atoms with Crippen LogP contribution in [0.25, 0.3) is 0 Å². The molecule has 8 heteroatoms. The number of amides is 2. The Morgan fingerprint density at radius 3 is 2.63 bits per heavy atom. The van der Waals surface area contributed by atoms with E-state index in [9.17, 15) is 14.7 Å². The van der Waals surface area contributed by atoms with E-state index < -0.39 is 18.2 Å². The fourth-order valence-electron chi connectivity index (χ4n) is 5.18. The minimum atomic E-state index is -0.660. The van der Waals surface area contributed by atoms with Crippen molar-refractivity contribution in [3.05, 3.63) is 65.7 Å². The smallest absolute Gasteiger partial charge is 0.258 e. The lowest BCUT2D eigenvalue weighted by molar-refractivity contribution is -0.135. The molecule has 186 valence electrons. The third kappa shape index (κ3) is 5.50. The first-order valence-electron chi connectivity index (χ1n) is 12.5. The first kappa shape index (κ1) is 23.8. The topological polar surface area (TPSA) is 91.3 Å². The molecule has 3 aliphatic rings. The van der Waals surface area contributed by atoms with Gasteiger partial charge in [0.15, 0.2) is 0 Å². The summed E-state index contributed by atoms with van der Waals surface area (Å²) in [4.78, 5) is 31.0. The number of nitrogens with one attached hydrogen (secondary N) is 1. The Morgan fingerprint density at radius 2 is 1.77 bits per heavy atom. The molecule has 8 nitrogen and oxygen atoms in total. The number of ether oxygens (including phenoxy) is 2. The maximum atomic E-state index is 13.7. The molecule has 0 unspecified atom stereocenters. The van der Waals surface area contributed by atoms with Gasteiger partial charge in [-0.2, -0.15) is 0 Å². The van der Waals surface area contributed by atoms with E-state index >= 15 is 0 Å². The van der Waals surface area contributed by atoms with Crippen LogP contribution in [0.1, 0.15) is 35.2 Å². The number of carbonyl (C=O) groups excluding carboxylic acids is 2. The van der Waals surface area contributed by atoms with Crippen molar-refractivity contribution in [1.29, 1.82) is 0 Å². The molecule has 3 aliphatic heterocycles. The predicted molar refractivity (Wildman–Crippen MR) is 130 cm³/mol. The molecular weight excluding hydrogens is 446 g/mol. The van der Waals surface area contributed by atoms with Gasteiger partial charge >= 0.3 is 0 Å². The second-order valence-corrected chi connectivity index (χ2v) is 9.55. The first-order chi connectivity index (χ1) is 17.1. The summed E-state index contributed by atoms with van der Waals surface area (Å²) in [7, 11) is 0.